The van der Waals surface area contributed by atoms with E-state index in [4.69, 9.17) is 4.74 Å². The lowest BCUT2D eigenvalue weighted by Crippen LogP contribution is -2.49. The molecule has 0 aromatic carbocycles. The average molecular weight is 214 g/mol. The van der Waals surface area contributed by atoms with Gasteiger partial charge in [0.1, 0.15) is 12.0 Å². The van der Waals surface area contributed by atoms with E-state index in [9.17, 15) is 9.90 Å². The van der Waals surface area contributed by atoms with Crippen molar-refractivity contribution >= 4 is 5.97 Å². The average Bonchev–Trinajstić information content (AvgIpc) is 2.20. The third kappa shape index (κ3) is 3.20. The Labute approximate surface area is 91.8 Å². The van der Waals surface area contributed by atoms with E-state index in [0.717, 1.165) is 12.8 Å². The molecular formula is C12H22O3. The number of cyclic esters (lactones) is 1. The molecule has 0 aliphatic carbocycles. The number of ether oxygens (including phenoxy) is 1. The van der Waals surface area contributed by atoms with Gasteiger partial charge in [-0.25, -0.2) is 0 Å². The third-order valence-corrected chi connectivity index (χ3v) is 3.11. The lowest BCUT2D eigenvalue weighted by molar-refractivity contribution is -0.190. The van der Waals surface area contributed by atoms with Crippen LogP contribution >= 0.6 is 0 Å². The Bertz CT molecular complexity index is 213. The largest absolute Gasteiger partial charge is 0.464 e. The van der Waals surface area contributed by atoms with E-state index in [1.165, 1.54) is 19.3 Å². The molecule has 1 heterocycles. The Morgan fingerprint density at radius 2 is 2.20 bits per heavy atom. The molecule has 3 heteroatoms. The molecule has 1 rings (SSSR count). The summed E-state index contributed by atoms with van der Waals surface area (Å²) in [5.74, 6) is -0.111. The van der Waals surface area contributed by atoms with Crippen LogP contribution in [-0.4, -0.2) is 23.8 Å². The number of carbonyl (C=O) groups excluding carboxylic acids is 1. The van der Waals surface area contributed by atoms with Gasteiger partial charge in [0, 0.05) is 0 Å². The molecule has 1 aliphatic heterocycles. The van der Waals surface area contributed by atoms with Gasteiger partial charge >= 0.3 is 5.97 Å². The summed E-state index contributed by atoms with van der Waals surface area (Å²) in [6.07, 6.45) is 5.67. The van der Waals surface area contributed by atoms with Crippen molar-refractivity contribution in [1.82, 2.24) is 0 Å². The van der Waals surface area contributed by atoms with Gasteiger partial charge in [0.2, 0.25) is 0 Å². The summed E-state index contributed by atoms with van der Waals surface area (Å²) < 4.78 is 4.85. The van der Waals surface area contributed by atoms with Gasteiger partial charge in [-0.15, -0.1) is 0 Å². The Morgan fingerprint density at radius 1 is 1.47 bits per heavy atom. The maximum absolute atomic E-state index is 11.4. The van der Waals surface area contributed by atoms with Gasteiger partial charge in [-0.1, -0.05) is 32.6 Å². The summed E-state index contributed by atoms with van der Waals surface area (Å²) in [6.45, 7) is 4.41. The molecule has 3 nitrogen and oxygen atoms in total. The van der Waals surface area contributed by atoms with Crippen LogP contribution < -0.4 is 0 Å². The number of hydrogen-bond acceptors (Lipinski definition) is 3. The fraction of sp³-hybridized carbons (Fsp3) is 0.917. The van der Waals surface area contributed by atoms with Gasteiger partial charge in [-0.3, -0.25) is 4.79 Å². The maximum Gasteiger partial charge on any atom is 0.315 e. The van der Waals surface area contributed by atoms with Crippen molar-refractivity contribution in [1.29, 1.82) is 0 Å². The van der Waals surface area contributed by atoms with Crippen LogP contribution in [0.2, 0.25) is 0 Å². The maximum atomic E-state index is 11.4. The first-order chi connectivity index (χ1) is 7.10. The predicted octanol–water partition coefficient (Wildman–Crippen LogP) is 2.27. The van der Waals surface area contributed by atoms with Crippen molar-refractivity contribution in [3.05, 3.63) is 0 Å². The summed E-state index contributed by atoms with van der Waals surface area (Å²) in [7, 11) is 0. The van der Waals surface area contributed by atoms with Crippen LogP contribution in [0.25, 0.3) is 0 Å². The van der Waals surface area contributed by atoms with Gasteiger partial charge in [0.15, 0.2) is 0 Å². The molecule has 15 heavy (non-hydrogen) atoms. The first kappa shape index (κ1) is 12.5. The zero-order chi connectivity index (χ0) is 11.3. The quantitative estimate of drug-likeness (QED) is 0.522. The molecule has 0 bridgehead atoms. The lowest BCUT2D eigenvalue weighted by Gasteiger charge is -2.40. The smallest absolute Gasteiger partial charge is 0.315 e. The molecule has 1 N–H and O–H groups in total. The predicted molar refractivity (Wildman–Crippen MR) is 58.4 cm³/mol. The number of unbranched alkanes of at least 4 members (excludes halogenated alkanes) is 3. The SMILES string of the molecule is CCCCCCC1(CC(C)O)COC1=O. The molecule has 1 fully saturated rings. The second-order valence-electron chi connectivity index (χ2n) is 4.72. The molecule has 2 atom stereocenters. The van der Waals surface area contributed by atoms with Gasteiger partial charge < -0.3 is 9.84 Å². The monoisotopic (exact) mass is 214 g/mol. The van der Waals surface area contributed by atoms with Crippen molar-refractivity contribution in [3.8, 4) is 0 Å². The Hall–Kier alpha value is -0.570. The second kappa shape index (κ2) is 5.50. The highest BCUT2D eigenvalue weighted by molar-refractivity contribution is 5.81. The highest BCUT2D eigenvalue weighted by Gasteiger charge is 2.48. The topological polar surface area (TPSA) is 46.5 Å². The van der Waals surface area contributed by atoms with E-state index in [2.05, 4.69) is 6.92 Å². The normalized spacial score (nSPS) is 27.0. The molecule has 0 saturated carbocycles. The van der Waals surface area contributed by atoms with E-state index < -0.39 is 6.10 Å². The van der Waals surface area contributed by atoms with E-state index in [1.54, 1.807) is 6.92 Å². The summed E-state index contributed by atoms with van der Waals surface area (Å²) >= 11 is 0. The van der Waals surface area contributed by atoms with Crippen molar-refractivity contribution in [2.75, 3.05) is 6.61 Å². The number of aliphatic hydroxyl groups excluding tert-OH is 1. The number of aliphatic hydroxyl groups is 1. The highest BCUT2D eigenvalue weighted by Crippen LogP contribution is 2.39. The lowest BCUT2D eigenvalue weighted by atomic mass is 9.75. The van der Waals surface area contributed by atoms with Gasteiger partial charge in [0.25, 0.3) is 0 Å². The molecule has 1 saturated heterocycles. The number of hydrogen-bond donors (Lipinski definition) is 1. The number of rotatable bonds is 7. The molecular weight excluding hydrogens is 192 g/mol. The van der Waals surface area contributed by atoms with Gasteiger partial charge in [-0.2, -0.15) is 0 Å². The Morgan fingerprint density at radius 3 is 2.60 bits per heavy atom. The minimum atomic E-state index is -0.413. The first-order valence-electron chi connectivity index (χ1n) is 5.96. The molecule has 2 unspecified atom stereocenters. The zero-order valence-electron chi connectivity index (χ0n) is 9.79. The van der Waals surface area contributed by atoms with E-state index in [1.807, 2.05) is 0 Å². The van der Waals surface area contributed by atoms with Crippen molar-refractivity contribution in [3.63, 3.8) is 0 Å². The van der Waals surface area contributed by atoms with Crippen molar-refractivity contribution in [2.45, 2.75) is 58.5 Å². The summed E-state index contributed by atoms with van der Waals surface area (Å²) in [5.41, 5.74) is -0.359. The summed E-state index contributed by atoms with van der Waals surface area (Å²) in [6, 6.07) is 0. The highest BCUT2D eigenvalue weighted by atomic mass is 16.6. The zero-order valence-corrected chi connectivity index (χ0v) is 9.79. The van der Waals surface area contributed by atoms with Crippen molar-refractivity contribution < 1.29 is 14.6 Å². The summed E-state index contributed by atoms with van der Waals surface area (Å²) in [4.78, 5) is 11.4. The first-order valence-corrected chi connectivity index (χ1v) is 5.96. The fourth-order valence-corrected chi connectivity index (χ4v) is 2.21. The van der Waals surface area contributed by atoms with E-state index >= 15 is 0 Å². The molecule has 0 aromatic heterocycles. The third-order valence-electron chi connectivity index (χ3n) is 3.11. The minimum absolute atomic E-state index is 0.111. The summed E-state index contributed by atoms with van der Waals surface area (Å²) in [5, 5.41) is 9.37. The molecule has 0 radical (unpaired) electrons. The van der Waals surface area contributed by atoms with E-state index in [0.29, 0.717) is 13.0 Å². The second-order valence-corrected chi connectivity index (χ2v) is 4.72. The number of carbonyl (C=O) groups is 1. The van der Waals surface area contributed by atoms with Gasteiger partial charge in [-0.05, 0) is 19.8 Å². The molecule has 0 aromatic rings. The standard InChI is InChI=1S/C12H22O3/c1-3-4-5-6-7-12(8-10(2)13)9-15-11(12)14/h10,13H,3-9H2,1-2H3. The molecule has 1 aliphatic rings. The van der Waals surface area contributed by atoms with Crippen molar-refractivity contribution in [2.24, 2.45) is 5.41 Å². The van der Waals surface area contributed by atoms with Crippen LogP contribution in [0.1, 0.15) is 52.4 Å². The number of esters is 1. The molecule has 88 valence electrons. The Balaban J connectivity index is 2.34. The minimum Gasteiger partial charge on any atom is -0.464 e. The molecule has 0 amide bonds. The van der Waals surface area contributed by atoms with Crippen LogP contribution in [0, 0.1) is 5.41 Å². The van der Waals surface area contributed by atoms with Crippen LogP contribution in [0.15, 0.2) is 0 Å². The Kier molecular flexibility index (Phi) is 4.58. The van der Waals surface area contributed by atoms with Gasteiger partial charge in [0.05, 0.1) is 6.10 Å². The van der Waals surface area contributed by atoms with E-state index in [-0.39, 0.29) is 11.4 Å². The molecule has 0 spiro atoms. The van der Waals surface area contributed by atoms with Crippen LogP contribution in [-0.2, 0) is 9.53 Å². The van der Waals surface area contributed by atoms with Crippen LogP contribution in [0.5, 0.6) is 0 Å². The van der Waals surface area contributed by atoms with Crippen LogP contribution in [0.4, 0.5) is 0 Å². The fourth-order valence-electron chi connectivity index (χ4n) is 2.21. The van der Waals surface area contributed by atoms with Crippen LogP contribution in [0.3, 0.4) is 0 Å².